The molecule has 45 heavy (non-hydrogen) atoms. The smallest absolute Gasteiger partial charge is 0.320 e. The summed E-state index contributed by atoms with van der Waals surface area (Å²) in [5, 5.41) is 28.9. The van der Waals surface area contributed by atoms with Crippen LogP contribution in [0.3, 0.4) is 0 Å². The lowest BCUT2D eigenvalue weighted by Gasteiger charge is -2.18. The maximum Gasteiger partial charge on any atom is 0.320 e. The van der Waals surface area contributed by atoms with Gasteiger partial charge in [-0.1, -0.05) is 42.1 Å². The highest BCUT2D eigenvalue weighted by Crippen LogP contribution is 2.35. The van der Waals surface area contributed by atoms with Crippen molar-refractivity contribution in [3.63, 3.8) is 0 Å². The van der Waals surface area contributed by atoms with Crippen LogP contribution in [0.1, 0.15) is 25.1 Å². The normalized spacial score (nSPS) is 11.6. The predicted octanol–water partition coefficient (Wildman–Crippen LogP) is 7.50. The van der Waals surface area contributed by atoms with E-state index in [0.29, 0.717) is 28.5 Å². The third kappa shape index (κ3) is 6.52. The van der Waals surface area contributed by atoms with Crippen LogP contribution in [0.25, 0.3) is 22.7 Å². The Morgan fingerprint density at radius 1 is 0.978 bits per heavy atom. The van der Waals surface area contributed by atoms with Crippen LogP contribution >= 0.6 is 23.5 Å². The summed E-state index contributed by atoms with van der Waals surface area (Å²) in [6.07, 6.45) is 3.90. The van der Waals surface area contributed by atoms with Gasteiger partial charge in [0.25, 0.3) is 0 Å². The van der Waals surface area contributed by atoms with Crippen molar-refractivity contribution in [1.29, 1.82) is 0 Å². The monoisotopic (exact) mass is 639 g/mol. The first-order chi connectivity index (χ1) is 21.7. The van der Waals surface area contributed by atoms with Gasteiger partial charge >= 0.3 is 6.03 Å². The van der Waals surface area contributed by atoms with E-state index in [9.17, 15) is 14.3 Å². The summed E-state index contributed by atoms with van der Waals surface area (Å²) in [7, 11) is 0. The molecule has 2 amide bonds. The third-order valence-corrected chi connectivity index (χ3v) is 9.63. The molecule has 0 bridgehead atoms. The maximum atomic E-state index is 14.5. The number of phenolic OH excluding ortho intramolecular Hbond substituents is 1. The van der Waals surface area contributed by atoms with Crippen molar-refractivity contribution in [2.24, 2.45) is 0 Å². The molecule has 6 rings (SSSR count). The molecular weight excluding hydrogens is 610 g/mol. The molecular formula is C33H30FN7O2S2. The van der Waals surface area contributed by atoms with E-state index in [4.69, 9.17) is 5.10 Å². The SMILES string of the molecule is CSC(C)(C)c1cc(NC(=O)NCc2ccccc2Sc2ccc3nnc(-c4ccccc4F)n3c2)n(-c2ccc(O)cc2)n1. The first kappa shape index (κ1) is 30.2. The third-order valence-electron chi connectivity index (χ3n) is 7.30. The van der Waals surface area contributed by atoms with Crippen LogP contribution < -0.4 is 10.6 Å². The molecule has 0 atom stereocenters. The van der Waals surface area contributed by atoms with Crippen LogP contribution in [0.5, 0.6) is 5.75 Å². The Kier molecular flexibility index (Phi) is 8.50. The molecule has 0 aliphatic heterocycles. The standard InChI is InChI=1S/C33H30FN7O2S2/c1-33(2,44-3)28-18-30(41(39-28)22-12-14-23(42)15-13-22)36-32(43)35-19-21-8-4-7-11-27(21)45-24-16-17-29-37-38-31(40(29)20-24)25-9-5-6-10-26(25)34/h4-18,20,42H,19H2,1-3H3,(H2,35,36,43). The van der Waals surface area contributed by atoms with E-state index in [-0.39, 0.29) is 28.9 Å². The number of pyridine rings is 1. The highest BCUT2D eigenvalue weighted by molar-refractivity contribution is 7.99. The number of fused-ring (bicyclic) bond motifs is 1. The molecule has 3 aromatic heterocycles. The Balaban J connectivity index is 1.20. The molecule has 9 nitrogen and oxygen atoms in total. The number of halogens is 1. The number of aromatic hydroxyl groups is 1. The van der Waals surface area contributed by atoms with Gasteiger partial charge < -0.3 is 10.4 Å². The van der Waals surface area contributed by atoms with Gasteiger partial charge in [0.15, 0.2) is 11.5 Å². The van der Waals surface area contributed by atoms with E-state index in [1.54, 1.807) is 63.3 Å². The van der Waals surface area contributed by atoms with Gasteiger partial charge in [0, 0.05) is 28.6 Å². The van der Waals surface area contributed by atoms with Gasteiger partial charge in [-0.25, -0.2) is 13.9 Å². The number of hydrogen-bond donors (Lipinski definition) is 3. The number of nitrogens with one attached hydrogen (secondary N) is 2. The number of thioether (sulfide) groups is 1. The van der Waals surface area contributed by atoms with E-state index >= 15 is 0 Å². The lowest BCUT2D eigenvalue weighted by atomic mass is 10.1. The second-order valence-electron chi connectivity index (χ2n) is 10.7. The summed E-state index contributed by atoms with van der Waals surface area (Å²) in [6.45, 7) is 4.42. The molecule has 3 aromatic carbocycles. The molecule has 0 saturated carbocycles. The zero-order chi connectivity index (χ0) is 31.6. The Hall–Kier alpha value is -4.81. The second-order valence-corrected chi connectivity index (χ2v) is 13.2. The van der Waals surface area contributed by atoms with Crippen molar-refractivity contribution in [1.82, 2.24) is 29.7 Å². The van der Waals surface area contributed by atoms with Crippen molar-refractivity contribution >= 4 is 41.0 Å². The van der Waals surface area contributed by atoms with Crippen molar-refractivity contribution in [2.45, 2.75) is 34.9 Å². The first-order valence-corrected chi connectivity index (χ1v) is 16.1. The van der Waals surface area contributed by atoms with E-state index < -0.39 is 0 Å². The minimum absolute atomic E-state index is 0.145. The van der Waals surface area contributed by atoms with E-state index in [1.807, 2.05) is 54.9 Å². The Labute approximate surface area is 267 Å². The number of rotatable bonds is 9. The molecule has 6 aromatic rings. The zero-order valence-corrected chi connectivity index (χ0v) is 26.4. The van der Waals surface area contributed by atoms with Crippen molar-refractivity contribution in [3.05, 3.63) is 114 Å². The largest absolute Gasteiger partial charge is 0.508 e. The average molecular weight is 640 g/mol. The van der Waals surface area contributed by atoms with Crippen LogP contribution in [-0.2, 0) is 11.3 Å². The van der Waals surface area contributed by atoms with Gasteiger partial charge in [-0.3, -0.25) is 9.72 Å². The first-order valence-electron chi connectivity index (χ1n) is 14.1. The number of anilines is 1. The number of amides is 2. The summed E-state index contributed by atoms with van der Waals surface area (Å²) in [5.41, 5.74) is 3.42. The Bertz CT molecular complexity index is 1990. The maximum absolute atomic E-state index is 14.5. The molecule has 0 saturated heterocycles. The van der Waals surface area contributed by atoms with E-state index in [2.05, 4.69) is 34.7 Å². The number of nitrogens with zero attached hydrogens (tertiary/aromatic N) is 5. The number of hydrogen-bond acceptors (Lipinski definition) is 7. The Morgan fingerprint density at radius 3 is 2.51 bits per heavy atom. The summed E-state index contributed by atoms with van der Waals surface area (Å²) < 4.78 is 17.7. The lowest BCUT2D eigenvalue weighted by molar-refractivity contribution is 0.251. The summed E-state index contributed by atoms with van der Waals surface area (Å²) in [4.78, 5) is 15.0. The number of aromatic nitrogens is 5. The van der Waals surface area contributed by atoms with Crippen molar-refractivity contribution < 1.29 is 14.3 Å². The topological polar surface area (TPSA) is 109 Å². The summed E-state index contributed by atoms with van der Waals surface area (Å²) in [5.74, 6) is 0.708. The van der Waals surface area contributed by atoms with Crippen LogP contribution in [0.15, 0.2) is 107 Å². The highest BCUT2D eigenvalue weighted by Gasteiger charge is 2.25. The average Bonchev–Trinajstić information content (AvgIpc) is 3.66. The predicted molar refractivity (Wildman–Crippen MR) is 177 cm³/mol. The molecule has 228 valence electrons. The van der Waals surface area contributed by atoms with Crippen molar-refractivity contribution in [3.8, 4) is 22.8 Å². The van der Waals surface area contributed by atoms with Gasteiger partial charge in [-0.2, -0.15) is 16.9 Å². The molecule has 3 heterocycles. The molecule has 0 aliphatic carbocycles. The number of urea groups is 1. The summed E-state index contributed by atoms with van der Waals surface area (Å²) >= 11 is 3.18. The van der Waals surface area contributed by atoms with E-state index in [0.717, 1.165) is 21.0 Å². The second kappa shape index (κ2) is 12.7. The number of carbonyl (C=O) groups excluding carboxylic acids is 1. The zero-order valence-electron chi connectivity index (χ0n) is 24.7. The van der Waals surface area contributed by atoms with Gasteiger partial charge in [0.2, 0.25) is 0 Å². The van der Waals surface area contributed by atoms with Gasteiger partial charge in [-0.15, -0.1) is 10.2 Å². The van der Waals surface area contributed by atoms with Crippen LogP contribution in [0.2, 0.25) is 0 Å². The Morgan fingerprint density at radius 2 is 1.73 bits per heavy atom. The molecule has 0 unspecified atom stereocenters. The van der Waals surface area contributed by atoms with Gasteiger partial charge in [0.05, 0.1) is 21.7 Å². The quantitative estimate of drug-likeness (QED) is 0.150. The summed E-state index contributed by atoms with van der Waals surface area (Å²) in [6, 6.07) is 26.2. The number of benzene rings is 3. The van der Waals surface area contributed by atoms with E-state index in [1.165, 1.54) is 17.8 Å². The van der Waals surface area contributed by atoms with Crippen molar-refractivity contribution in [2.75, 3.05) is 11.6 Å². The molecule has 0 radical (unpaired) electrons. The van der Waals surface area contributed by atoms with Crippen LogP contribution in [0, 0.1) is 5.82 Å². The fourth-order valence-corrected chi connectivity index (χ4v) is 5.90. The van der Waals surface area contributed by atoms with Crippen LogP contribution in [-0.4, -0.2) is 41.8 Å². The fraction of sp³-hybridized carbons (Fsp3) is 0.152. The molecule has 0 fully saturated rings. The number of phenols is 1. The van der Waals surface area contributed by atoms with Gasteiger partial charge in [0.1, 0.15) is 17.4 Å². The molecule has 0 spiro atoms. The van der Waals surface area contributed by atoms with Crippen LogP contribution in [0.4, 0.5) is 15.0 Å². The lowest BCUT2D eigenvalue weighted by Crippen LogP contribution is -2.29. The highest BCUT2D eigenvalue weighted by atomic mass is 32.2. The molecule has 0 aliphatic rings. The fourth-order valence-electron chi connectivity index (χ4n) is 4.63. The number of carbonyl (C=O) groups is 1. The molecule has 3 N–H and O–H groups in total. The molecule has 12 heteroatoms. The minimum Gasteiger partial charge on any atom is -0.508 e. The minimum atomic E-state index is -0.385. The van der Waals surface area contributed by atoms with Gasteiger partial charge in [-0.05, 0) is 80.3 Å².